The number of ether oxygens (including phenoxy) is 2. The zero-order chi connectivity index (χ0) is 13.9. The van der Waals surface area contributed by atoms with E-state index < -0.39 is 15.4 Å². The second kappa shape index (κ2) is 5.45. The van der Waals surface area contributed by atoms with Gasteiger partial charge in [0.2, 0.25) is 0 Å². The van der Waals surface area contributed by atoms with Crippen LogP contribution in [0.4, 0.5) is 5.69 Å². The van der Waals surface area contributed by atoms with E-state index >= 15 is 0 Å². The largest absolute Gasteiger partial charge is 0.497 e. The third-order valence-electron chi connectivity index (χ3n) is 2.66. The molecule has 1 unspecified atom stereocenters. The number of nitrogen functional groups attached to an aromatic ring is 1. The number of hydrogen-bond donors (Lipinski definition) is 2. The molecule has 0 fully saturated rings. The lowest BCUT2D eigenvalue weighted by molar-refractivity contribution is 0.389. The lowest BCUT2D eigenvalue weighted by Gasteiger charge is -2.18. The minimum atomic E-state index is -4.24. The normalized spacial score (nSPS) is 13.1. The van der Waals surface area contributed by atoms with E-state index in [9.17, 15) is 13.0 Å². The van der Waals surface area contributed by atoms with Gasteiger partial charge in [0.25, 0.3) is 10.1 Å². The van der Waals surface area contributed by atoms with Crippen LogP contribution in [0.1, 0.15) is 24.2 Å². The molecule has 0 saturated carbocycles. The summed E-state index contributed by atoms with van der Waals surface area (Å²) in [6.45, 7) is 1.64. The Kier molecular flexibility index (Phi) is 4.42. The highest BCUT2D eigenvalue weighted by Gasteiger charge is 2.29. The molecule has 1 rings (SSSR count). The zero-order valence-electron chi connectivity index (χ0n) is 10.5. The van der Waals surface area contributed by atoms with Crippen molar-refractivity contribution in [2.24, 2.45) is 0 Å². The van der Waals surface area contributed by atoms with Crippen LogP contribution < -0.4 is 15.2 Å². The zero-order valence-corrected chi connectivity index (χ0v) is 11.3. The van der Waals surface area contributed by atoms with Crippen LogP contribution in [0.25, 0.3) is 0 Å². The van der Waals surface area contributed by atoms with Crippen molar-refractivity contribution in [3.63, 3.8) is 0 Å². The Morgan fingerprint density at radius 2 is 1.94 bits per heavy atom. The molecule has 0 saturated heterocycles. The predicted octanol–water partition coefficient (Wildman–Crippen LogP) is 1.62. The average Bonchev–Trinajstić information content (AvgIpc) is 2.29. The van der Waals surface area contributed by atoms with Crippen molar-refractivity contribution in [3.8, 4) is 11.5 Å². The summed E-state index contributed by atoms with van der Waals surface area (Å²) < 4.78 is 42.1. The Labute approximate surface area is 106 Å². The van der Waals surface area contributed by atoms with Gasteiger partial charge in [-0.25, -0.2) is 0 Å². The summed E-state index contributed by atoms with van der Waals surface area (Å²) in [6, 6.07) is 3.02. The van der Waals surface area contributed by atoms with Gasteiger partial charge in [-0.15, -0.1) is 0 Å². The van der Waals surface area contributed by atoms with E-state index in [0.717, 1.165) is 0 Å². The molecule has 0 amide bonds. The Balaban J connectivity index is 3.48. The van der Waals surface area contributed by atoms with Crippen molar-refractivity contribution in [2.45, 2.75) is 18.6 Å². The molecule has 0 aromatic heterocycles. The van der Waals surface area contributed by atoms with Gasteiger partial charge < -0.3 is 15.2 Å². The molecule has 0 aliphatic rings. The third kappa shape index (κ3) is 2.85. The molecule has 0 radical (unpaired) electrons. The smallest absolute Gasteiger partial charge is 0.272 e. The summed E-state index contributed by atoms with van der Waals surface area (Å²) in [5.41, 5.74) is 6.27. The van der Waals surface area contributed by atoms with Crippen LogP contribution >= 0.6 is 0 Å². The van der Waals surface area contributed by atoms with Crippen LogP contribution in [0, 0.1) is 0 Å². The molecule has 1 atom stereocenters. The molecule has 0 spiro atoms. The minimum Gasteiger partial charge on any atom is -0.497 e. The maximum atomic E-state index is 11.4. The first-order valence-corrected chi connectivity index (χ1v) is 6.83. The van der Waals surface area contributed by atoms with Crippen molar-refractivity contribution in [1.82, 2.24) is 0 Å². The monoisotopic (exact) mass is 275 g/mol. The summed E-state index contributed by atoms with van der Waals surface area (Å²) in [5.74, 6) is 0.731. The fraction of sp³-hybridized carbons (Fsp3) is 0.455. The van der Waals surface area contributed by atoms with Gasteiger partial charge in [0.05, 0.1) is 14.2 Å². The highest BCUT2D eigenvalue weighted by Crippen LogP contribution is 2.39. The molecule has 7 heteroatoms. The summed E-state index contributed by atoms with van der Waals surface area (Å²) >= 11 is 0. The number of hydrogen-bond acceptors (Lipinski definition) is 5. The molecule has 102 valence electrons. The SMILES string of the molecule is CCC(c1c(N)cc(OC)cc1OC)S(=O)(=O)O. The van der Waals surface area contributed by atoms with Crippen molar-refractivity contribution in [2.75, 3.05) is 20.0 Å². The summed E-state index contributed by atoms with van der Waals surface area (Å²) in [4.78, 5) is 0. The number of rotatable bonds is 5. The van der Waals surface area contributed by atoms with Gasteiger partial charge in [-0.1, -0.05) is 6.92 Å². The Hall–Kier alpha value is -1.47. The van der Waals surface area contributed by atoms with Crippen LogP contribution in [-0.4, -0.2) is 27.2 Å². The molecule has 6 nitrogen and oxygen atoms in total. The van der Waals surface area contributed by atoms with E-state index in [1.807, 2.05) is 0 Å². The number of anilines is 1. The standard InChI is InChI=1S/C11H17NO5S/c1-4-10(18(13,14)15)11-8(12)5-7(16-2)6-9(11)17-3/h5-6,10H,4,12H2,1-3H3,(H,13,14,15). The Morgan fingerprint density at radius 3 is 2.33 bits per heavy atom. The number of methoxy groups -OCH3 is 2. The quantitative estimate of drug-likeness (QED) is 0.626. The molecule has 3 N–H and O–H groups in total. The summed E-state index contributed by atoms with van der Waals surface area (Å²) in [5, 5.41) is -1.11. The van der Waals surface area contributed by atoms with Crippen LogP contribution in [0.15, 0.2) is 12.1 Å². The third-order valence-corrected chi connectivity index (χ3v) is 3.94. The lowest BCUT2D eigenvalue weighted by atomic mass is 10.1. The van der Waals surface area contributed by atoms with Gasteiger partial charge in [0, 0.05) is 23.4 Å². The molecule has 0 heterocycles. The highest BCUT2D eigenvalue weighted by molar-refractivity contribution is 7.86. The van der Waals surface area contributed by atoms with Crippen LogP contribution in [-0.2, 0) is 10.1 Å². The lowest BCUT2D eigenvalue weighted by Crippen LogP contribution is -2.14. The average molecular weight is 275 g/mol. The van der Waals surface area contributed by atoms with Gasteiger partial charge in [0.15, 0.2) is 0 Å². The maximum Gasteiger partial charge on any atom is 0.272 e. The second-order valence-corrected chi connectivity index (χ2v) is 5.34. The van der Waals surface area contributed by atoms with E-state index in [1.165, 1.54) is 26.4 Å². The van der Waals surface area contributed by atoms with Gasteiger partial charge in [-0.05, 0) is 6.42 Å². The van der Waals surface area contributed by atoms with Crippen molar-refractivity contribution < 1.29 is 22.4 Å². The number of nitrogens with two attached hydrogens (primary N) is 1. The van der Waals surface area contributed by atoms with Crippen molar-refractivity contribution >= 4 is 15.8 Å². The fourth-order valence-corrected chi connectivity index (χ4v) is 2.79. The summed E-state index contributed by atoms with van der Waals surface area (Å²) in [6.07, 6.45) is 0.186. The molecule has 0 bridgehead atoms. The molecule has 0 aliphatic heterocycles. The Morgan fingerprint density at radius 1 is 1.33 bits per heavy atom. The number of benzene rings is 1. The first-order chi connectivity index (χ1) is 8.35. The first-order valence-electron chi connectivity index (χ1n) is 5.32. The molecule has 0 aliphatic carbocycles. The van der Waals surface area contributed by atoms with Crippen molar-refractivity contribution in [3.05, 3.63) is 17.7 Å². The molecule has 1 aromatic carbocycles. The highest BCUT2D eigenvalue weighted by atomic mass is 32.2. The Bertz CT molecular complexity index is 526. The van der Waals surface area contributed by atoms with Crippen molar-refractivity contribution in [1.29, 1.82) is 0 Å². The topological polar surface area (TPSA) is 98.9 Å². The minimum absolute atomic E-state index is 0.186. The predicted molar refractivity (Wildman–Crippen MR) is 68.5 cm³/mol. The van der Waals surface area contributed by atoms with E-state index in [1.54, 1.807) is 6.92 Å². The molecule has 18 heavy (non-hydrogen) atoms. The van der Waals surface area contributed by atoms with Crippen LogP contribution in [0.5, 0.6) is 11.5 Å². The summed E-state index contributed by atoms with van der Waals surface area (Å²) in [7, 11) is -1.38. The molecular formula is C11H17NO5S. The van der Waals surface area contributed by atoms with Gasteiger partial charge in [-0.3, -0.25) is 4.55 Å². The maximum absolute atomic E-state index is 11.4. The van der Waals surface area contributed by atoms with E-state index in [2.05, 4.69) is 0 Å². The van der Waals surface area contributed by atoms with E-state index in [-0.39, 0.29) is 23.4 Å². The second-order valence-electron chi connectivity index (χ2n) is 3.74. The van der Waals surface area contributed by atoms with E-state index in [4.69, 9.17) is 15.2 Å². The van der Waals surface area contributed by atoms with Gasteiger partial charge in [0.1, 0.15) is 16.7 Å². The van der Waals surface area contributed by atoms with Crippen LogP contribution in [0.3, 0.4) is 0 Å². The van der Waals surface area contributed by atoms with Gasteiger partial charge in [-0.2, -0.15) is 8.42 Å². The fourth-order valence-electron chi connectivity index (χ4n) is 1.82. The van der Waals surface area contributed by atoms with Crippen LogP contribution in [0.2, 0.25) is 0 Å². The molecule has 1 aromatic rings. The first kappa shape index (κ1) is 14.6. The molecular weight excluding hydrogens is 258 g/mol. The van der Waals surface area contributed by atoms with E-state index in [0.29, 0.717) is 5.75 Å². The van der Waals surface area contributed by atoms with Gasteiger partial charge >= 0.3 is 0 Å².